The second kappa shape index (κ2) is 5.84. The van der Waals surface area contributed by atoms with E-state index < -0.39 is 0 Å². The summed E-state index contributed by atoms with van der Waals surface area (Å²) in [5.74, 6) is 0.841. The van der Waals surface area contributed by atoms with Crippen molar-refractivity contribution in [2.24, 2.45) is 24.1 Å². The molecule has 1 aromatic rings. The number of nitrogens with two attached hydrogens (primary N) is 1. The van der Waals surface area contributed by atoms with E-state index >= 15 is 0 Å². The number of aryl methyl sites for hydroxylation is 2. The first-order valence-corrected chi connectivity index (χ1v) is 7.79. The normalized spacial score (nSPS) is 27.7. The van der Waals surface area contributed by atoms with E-state index in [0.717, 1.165) is 36.0 Å². The van der Waals surface area contributed by atoms with E-state index in [2.05, 4.69) is 18.9 Å². The van der Waals surface area contributed by atoms with Crippen molar-refractivity contribution in [1.82, 2.24) is 9.78 Å². The monoisotopic (exact) mass is 283 g/mol. The Morgan fingerprint density at radius 3 is 2.53 bits per heavy atom. The van der Waals surface area contributed by atoms with Crippen LogP contribution in [0.3, 0.4) is 0 Å². The molecule has 108 valence electrons. The molecule has 1 aliphatic carbocycles. The quantitative estimate of drug-likeness (QED) is 0.921. The van der Waals surface area contributed by atoms with Gasteiger partial charge in [-0.2, -0.15) is 5.10 Å². The Bertz CT molecular complexity index is 431. The Morgan fingerprint density at radius 1 is 1.42 bits per heavy atom. The molecule has 2 N–H and O–H groups in total. The summed E-state index contributed by atoms with van der Waals surface area (Å²) in [4.78, 5) is 0. The van der Waals surface area contributed by atoms with Crippen LogP contribution in [0.1, 0.15) is 50.9 Å². The Hall–Kier alpha value is -0.540. The lowest BCUT2D eigenvalue weighted by atomic mass is 9.68. The van der Waals surface area contributed by atoms with Crippen LogP contribution in [0.25, 0.3) is 0 Å². The van der Waals surface area contributed by atoms with Gasteiger partial charge in [-0.1, -0.05) is 38.3 Å². The Labute approximate surface area is 121 Å². The van der Waals surface area contributed by atoms with Gasteiger partial charge in [0.25, 0.3) is 0 Å². The molecule has 1 aliphatic rings. The molecule has 0 atom stereocenters. The number of halogens is 1. The molecule has 1 fully saturated rings. The number of aromatic nitrogens is 2. The zero-order valence-electron chi connectivity index (χ0n) is 12.4. The third kappa shape index (κ3) is 2.97. The number of hydrogen-bond donors (Lipinski definition) is 1. The van der Waals surface area contributed by atoms with Gasteiger partial charge in [0.1, 0.15) is 0 Å². The number of nitrogens with zero attached hydrogens (tertiary/aromatic N) is 2. The van der Waals surface area contributed by atoms with Crippen LogP contribution >= 0.6 is 11.6 Å². The largest absolute Gasteiger partial charge is 0.330 e. The van der Waals surface area contributed by atoms with Gasteiger partial charge in [-0.15, -0.1) is 0 Å². The maximum absolute atomic E-state index is 6.47. The van der Waals surface area contributed by atoms with Gasteiger partial charge in [-0.25, -0.2) is 0 Å². The van der Waals surface area contributed by atoms with Crippen LogP contribution in [-0.4, -0.2) is 16.3 Å². The lowest BCUT2D eigenvalue weighted by molar-refractivity contribution is 0.160. The van der Waals surface area contributed by atoms with Crippen LogP contribution in [0.2, 0.25) is 5.02 Å². The molecule has 0 saturated heterocycles. The third-order valence-corrected chi connectivity index (χ3v) is 5.25. The summed E-state index contributed by atoms with van der Waals surface area (Å²) < 4.78 is 1.95. The summed E-state index contributed by atoms with van der Waals surface area (Å²) in [6.45, 7) is 5.19. The van der Waals surface area contributed by atoms with Crippen molar-refractivity contribution in [2.75, 3.05) is 6.54 Å². The van der Waals surface area contributed by atoms with Gasteiger partial charge in [-0.05, 0) is 43.6 Å². The zero-order chi connectivity index (χ0) is 14.0. The topological polar surface area (TPSA) is 43.8 Å². The van der Waals surface area contributed by atoms with Crippen molar-refractivity contribution >= 4 is 11.6 Å². The Morgan fingerprint density at radius 2 is 2.05 bits per heavy atom. The van der Waals surface area contributed by atoms with Crippen LogP contribution < -0.4 is 5.73 Å². The number of rotatable bonds is 4. The molecule has 0 bridgehead atoms. The minimum absolute atomic E-state index is 0.231. The molecule has 3 nitrogen and oxygen atoms in total. The van der Waals surface area contributed by atoms with Crippen molar-refractivity contribution in [3.05, 3.63) is 16.4 Å². The fraction of sp³-hybridized carbons (Fsp3) is 0.800. The molecule has 0 aromatic carbocycles. The highest BCUT2D eigenvalue weighted by Crippen LogP contribution is 2.41. The molecule has 0 aliphatic heterocycles. The van der Waals surface area contributed by atoms with E-state index in [1.165, 1.54) is 31.4 Å². The lowest BCUT2D eigenvalue weighted by Crippen LogP contribution is -2.37. The fourth-order valence-corrected chi connectivity index (χ4v) is 3.56. The van der Waals surface area contributed by atoms with E-state index in [-0.39, 0.29) is 5.41 Å². The van der Waals surface area contributed by atoms with Crippen molar-refractivity contribution in [1.29, 1.82) is 0 Å². The van der Waals surface area contributed by atoms with Crippen LogP contribution in [0, 0.1) is 11.3 Å². The highest BCUT2D eigenvalue weighted by atomic mass is 35.5. The maximum Gasteiger partial charge on any atom is 0.0849 e. The summed E-state index contributed by atoms with van der Waals surface area (Å²) in [6, 6.07) is 0. The molecule has 1 saturated carbocycles. The SMILES string of the molecule is CCc1nn(C)c(CC2(CN)CCC(C)CC2)c1Cl. The van der Waals surface area contributed by atoms with Gasteiger partial charge in [0, 0.05) is 7.05 Å². The standard InChI is InChI=1S/C15H26ClN3/c1-4-12-14(16)13(19(3)18-12)9-15(10-17)7-5-11(2)6-8-15/h11H,4-10,17H2,1-3H3. The van der Waals surface area contributed by atoms with Gasteiger partial charge in [0.2, 0.25) is 0 Å². The summed E-state index contributed by atoms with van der Waals surface area (Å²) >= 11 is 6.47. The highest BCUT2D eigenvalue weighted by molar-refractivity contribution is 6.31. The summed E-state index contributed by atoms with van der Waals surface area (Å²) in [6.07, 6.45) is 6.86. The highest BCUT2D eigenvalue weighted by Gasteiger charge is 2.35. The molecule has 0 spiro atoms. The minimum Gasteiger partial charge on any atom is -0.330 e. The van der Waals surface area contributed by atoms with Crippen LogP contribution in [0.15, 0.2) is 0 Å². The smallest absolute Gasteiger partial charge is 0.0849 e. The summed E-state index contributed by atoms with van der Waals surface area (Å²) in [7, 11) is 2.00. The Kier molecular flexibility index (Phi) is 4.57. The molecule has 4 heteroatoms. The molecule has 0 radical (unpaired) electrons. The molecular weight excluding hydrogens is 258 g/mol. The van der Waals surface area contributed by atoms with E-state index in [9.17, 15) is 0 Å². The van der Waals surface area contributed by atoms with E-state index in [1.807, 2.05) is 11.7 Å². The van der Waals surface area contributed by atoms with Gasteiger partial charge in [0.05, 0.1) is 16.4 Å². The maximum atomic E-state index is 6.47. The average molecular weight is 284 g/mol. The first-order chi connectivity index (χ1) is 9.01. The molecule has 19 heavy (non-hydrogen) atoms. The van der Waals surface area contributed by atoms with Crippen LogP contribution in [0.4, 0.5) is 0 Å². The summed E-state index contributed by atoms with van der Waals surface area (Å²) in [5, 5.41) is 5.38. The molecule has 1 heterocycles. The fourth-order valence-electron chi connectivity index (χ4n) is 3.19. The predicted molar refractivity (Wildman–Crippen MR) is 80.4 cm³/mol. The van der Waals surface area contributed by atoms with Crippen molar-refractivity contribution in [3.63, 3.8) is 0 Å². The Balaban J connectivity index is 2.21. The molecule has 1 aromatic heterocycles. The lowest BCUT2D eigenvalue weighted by Gasteiger charge is -2.38. The molecule has 0 unspecified atom stereocenters. The van der Waals surface area contributed by atoms with Gasteiger partial charge in [0.15, 0.2) is 0 Å². The van der Waals surface area contributed by atoms with Crippen LogP contribution in [0.5, 0.6) is 0 Å². The van der Waals surface area contributed by atoms with E-state index in [1.54, 1.807) is 0 Å². The second-order valence-electron chi connectivity index (χ2n) is 6.25. The van der Waals surface area contributed by atoms with Gasteiger partial charge < -0.3 is 5.73 Å². The van der Waals surface area contributed by atoms with Crippen LogP contribution in [-0.2, 0) is 19.9 Å². The minimum atomic E-state index is 0.231. The second-order valence-corrected chi connectivity index (χ2v) is 6.63. The molecule has 0 amide bonds. The van der Waals surface area contributed by atoms with E-state index in [4.69, 9.17) is 17.3 Å². The first-order valence-electron chi connectivity index (χ1n) is 7.41. The van der Waals surface area contributed by atoms with Gasteiger partial charge >= 0.3 is 0 Å². The molecule has 2 rings (SSSR count). The molecular formula is C15H26ClN3. The number of hydrogen-bond acceptors (Lipinski definition) is 2. The predicted octanol–water partition coefficient (Wildman–Crippen LogP) is 3.33. The van der Waals surface area contributed by atoms with Crippen molar-refractivity contribution < 1.29 is 0 Å². The summed E-state index contributed by atoms with van der Waals surface area (Å²) in [5.41, 5.74) is 8.50. The average Bonchev–Trinajstić information content (AvgIpc) is 2.69. The zero-order valence-corrected chi connectivity index (χ0v) is 13.1. The first kappa shape index (κ1) is 14.9. The van der Waals surface area contributed by atoms with Crippen molar-refractivity contribution in [2.45, 2.75) is 52.4 Å². The van der Waals surface area contributed by atoms with Crippen molar-refractivity contribution in [3.8, 4) is 0 Å². The van der Waals surface area contributed by atoms with E-state index in [0.29, 0.717) is 0 Å². The third-order valence-electron chi connectivity index (χ3n) is 4.81. The van der Waals surface area contributed by atoms with Gasteiger partial charge in [-0.3, -0.25) is 4.68 Å².